The van der Waals surface area contributed by atoms with Crippen LogP contribution in [0.1, 0.15) is 21.5 Å². The number of thiazole rings is 1. The van der Waals surface area contributed by atoms with Crippen molar-refractivity contribution in [3.8, 4) is 11.5 Å². The maximum Gasteiger partial charge on any atom is 0.274 e. The monoisotopic (exact) mass is 365 g/mol. The largest absolute Gasteiger partial charge is 0.456 e. The number of nitro groups is 1. The Morgan fingerprint density at radius 3 is 2.81 bits per heavy atom. The number of hydrogen-bond donors (Lipinski definition) is 1. The van der Waals surface area contributed by atoms with Crippen LogP contribution in [0.25, 0.3) is 12.2 Å². The lowest BCUT2D eigenvalue weighted by atomic mass is 10.0. The highest BCUT2D eigenvalue weighted by atomic mass is 32.1. The van der Waals surface area contributed by atoms with Gasteiger partial charge in [-0.2, -0.15) is 0 Å². The lowest BCUT2D eigenvalue weighted by Crippen LogP contribution is -2.14. The third-order valence-corrected chi connectivity index (χ3v) is 4.49. The van der Waals surface area contributed by atoms with Crippen LogP contribution in [-0.4, -0.2) is 15.8 Å². The fraction of sp³-hybridized carbons (Fsp3) is 0. The van der Waals surface area contributed by atoms with Gasteiger partial charge in [0.2, 0.25) is 0 Å². The van der Waals surface area contributed by atoms with Crippen molar-refractivity contribution in [2.75, 3.05) is 5.32 Å². The van der Waals surface area contributed by atoms with Crippen molar-refractivity contribution >= 4 is 40.2 Å². The number of benzene rings is 2. The number of hydrogen-bond acceptors (Lipinski definition) is 6. The summed E-state index contributed by atoms with van der Waals surface area (Å²) in [5.74, 6) is 0.332. The smallest absolute Gasteiger partial charge is 0.274 e. The minimum Gasteiger partial charge on any atom is -0.456 e. The molecule has 0 fully saturated rings. The molecule has 0 atom stereocenters. The molecule has 8 heteroatoms. The van der Waals surface area contributed by atoms with Crippen molar-refractivity contribution in [2.45, 2.75) is 0 Å². The Morgan fingerprint density at radius 2 is 2.04 bits per heavy atom. The molecule has 1 amide bonds. The summed E-state index contributed by atoms with van der Waals surface area (Å²) in [7, 11) is 0. The minimum atomic E-state index is -0.551. The number of fused-ring (bicyclic) bond motifs is 2. The lowest BCUT2D eigenvalue weighted by molar-refractivity contribution is -0.384. The number of nitrogens with zero attached hydrogens (tertiary/aromatic N) is 2. The zero-order chi connectivity index (χ0) is 18.1. The molecule has 7 nitrogen and oxygen atoms in total. The molecule has 0 radical (unpaired) electrons. The molecule has 2 heterocycles. The van der Waals surface area contributed by atoms with E-state index in [0.29, 0.717) is 16.4 Å². The van der Waals surface area contributed by atoms with Crippen molar-refractivity contribution in [2.24, 2.45) is 0 Å². The number of amides is 1. The van der Waals surface area contributed by atoms with Crippen LogP contribution in [0, 0.1) is 10.1 Å². The Kier molecular flexibility index (Phi) is 3.94. The summed E-state index contributed by atoms with van der Waals surface area (Å²) in [6.45, 7) is 0. The summed E-state index contributed by atoms with van der Waals surface area (Å²) < 4.78 is 5.86. The number of carbonyl (C=O) groups is 1. The van der Waals surface area contributed by atoms with Gasteiger partial charge in [-0.15, -0.1) is 11.3 Å². The van der Waals surface area contributed by atoms with E-state index in [2.05, 4.69) is 10.3 Å². The molecule has 1 aliphatic heterocycles. The molecular formula is C18H11N3O4S. The van der Waals surface area contributed by atoms with E-state index in [0.717, 1.165) is 5.56 Å². The average molecular weight is 365 g/mol. The predicted molar refractivity (Wildman–Crippen MR) is 98.6 cm³/mol. The lowest BCUT2D eigenvalue weighted by Gasteiger charge is -2.12. The van der Waals surface area contributed by atoms with Gasteiger partial charge in [0.1, 0.15) is 11.5 Å². The first-order valence-electron chi connectivity index (χ1n) is 7.60. The Labute approximate surface area is 151 Å². The van der Waals surface area contributed by atoms with Crippen molar-refractivity contribution in [3.63, 3.8) is 0 Å². The molecule has 0 bridgehead atoms. The zero-order valence-electron chi connectivity index (χ0n) is 13.2. The Morgan fingerprint density at radius 1 is 1.19 bits per heavy atom. The first kappa shape index (κ1) is 16.0. The van der Waals surface area contributed by atoms with Crippen LogP contribution in [0.4, 0.5) is 10.8 Å². The van der Waals surface area contributed by atoms with E-state index in [1.807, 2.05) is 24.3 Å². The van der Waals surface area contributed by atoms with E-state index >= 15 is 0 Å². The van der Waals surface area contributed by atoms with Crippen LogP contribution in [0.3, 0.4) is 0 Å². The summed E-state index contributed by atoms with van der Waals surface area (Å²) in [5.41, 5.74) is 1.22. The number of rotatable bonds is 3. The van der Waals surface area contributed by atoms with Crippen LogP contribution in [0.2, 0.25) is 0 Å². The highest BCUT2D eigenvalue weighted by Gasteiger charge is 2.23. The fourth-order valence-corrected chi connectivity index (χ4v) is 3.14. The molecule has 1 aliphatic rings. The molecule has 1 N–H and O–H groups in total. The number of nitro benzene ring substituents is 1. The molecule has 128 valence electrons. The Balaban J connectivity index is 1.83. The summed E-state index contributed by atoms with van der Waals surface area (Å²) in [6.07, 6.45) is 5.10. The number of nitrogens with one attached hydrogen (secondary N) is 1. The minimum absolute atomic E-state index is 0.147. The standard InChI is InChI=1S/C18H11N3O4S/c22-17(20-18-19-7-8-26-18)14-9-12(21(23)24)10-16-13(14)6-5-11-3-1-2-4-15(11)25-16/h1-10H,(H,19,20,22). The molecule has 0 saturated carbocycles. The van der Waals surface area contributed by atoms with Crippen LogP contribution >= 0.6 is 11.3 Å². The second kappa shape index (κ2) is 6.41. The maximum atomic E-state index is 12.7. The predicted octanol–water partition coefficient (Wildman–Crippen LogP) is 4.58. The SMILES string of the molecule is O=C(Nc1nccs1)c1cc([N+](=O)[O-])cc2c1C=Cc1ccccc1O2. The van der Waals surface area contributed by atoms with Crippen molar-refractivity contribution < 1.29 is 14.5 Å². The average Bonchev–Trinajstić information content (AvgIpc) is 3.06. The number of carbonyl (C=O) groups excluding carboxylic acids is 1. The molecule has 0 spiro atoms. The van der Waals surface area contributed by atoms with Crippen molar-refractivity contribution in [1.29, 1.82) is 0 Å². The first-order valence-corrected chi connectivity index (χ1v) is 8.48. The fourth-order valence-electron chi connectivity index (χ4n) is 2.61. The highest BCUT2D eigenvalue weighted by Crippen LogP contribution is 2.38. The van der Waals surface area contributed by atoms with E-state index in [9.17, 15) is 14.9 Å². The van der Waals surface area contributed by atoms with Crippen LogP contribution < -0.4 is 10.1 Å². The summed E-state index contributed by atoms with van der Waals surface area (Å²) >= 11 is 1.26. The van der Waals surface area contributed by atoms with Gasteiger partial charge in [-0.05, 0) is 12.1 Å². The van der Waals surface area contributed by atoms with Gasteiger partial charge in [0.15, 0.2) is 5.13 Å². The summed E-state index contributed by atoms with van der Waals surface area (Å²) in [5, 5.41) is 16.1. The molecule has 4 rings (SSSR count). The summed E-state index contributed by atoms with van der Waals surface area (Å²) in [6, 6.07) is 9.86. The van der Waals surface area contributed by atoms with Gasteiger partial charge in [-0.3, -0.25) is 20.2 Å². The van der Waals surface area contributed by atoms with Crippen molar-refractivity contribution in [1.82, 2.24) is 4.98 Å². The van der Waals surface area contributed by atoms with Crippen molar-refractivity contribution in [3.05, 3.63) is 74.8 Å². The van der Waals surface area contributed by atoms with E-state index in [4.69, 9.17) is 4.74 Å². The van der Waals surface area contributed by atoms with Gasteiger partial charge >= 0.3 is 0 Å². The molecule has 2 aromatic carbocycles. The van der Waals surface area contributed by atoms with E-state index in [-0.39, 0.29) is 17.0 Å². The normalized spacial score (nSPS) is 11.7. The summed E-state index contributed by atoms with van der Waals surface area (Å²) in [4.78, 5) is 27.4. The van der Waals surface area contributed by atoms with E-state index < -0.39 is 10.8 Å². The number of ether oxygens (including phenoxy) is 1. The Hall–Kier alpha value is -3.52. The Bertz CT molecular complexity index is 1040. The van der Waals surface area contributed by atoms with Crippen LogP contribution in [-0.2, 0) is 0 Å². The molecular weight excluding hydrogens is 354 g/mol. The number of para-hydroxylation sites is 1. The zero-order valence-corrected chi connectivity index (χ0v) is 14.0. The molecule has 26 heavy (non-hydrogen) atoms. The molecule has 3 aromatic rings. The van der Waals surface area contributed by atoms with E-state index in [1.54, 1.807) is 23.7 Å². The molecule has 0 unspecified atom stereocenters. The maximum absolute atomic E-state index is 12.7. The van der Waals surface area contributed by atoms with Gasteiger partial charge in [0, 0.05) is 28.8 Å². The highest BCUT2D eigenvalue weighted by molar-refractivity contribution is 7.13. The van der Waals surface area contributed by atoms with Gasteiger partial charge in [0.25, 0.3) is 11.6 Å². The number of anilines is 1. The number of non-ortho nitro benzene ring substituents is 1. The molecule has 1 aromatic heterocycles. The molecule has 0 saturated heterocycles. The second-order valence-electron chi connectivity index (χ2n) is 5.43. The van der Waals surface area contributed by atoms with Crippen LogP contribution in [0.5, 0.6) is 11.5 Å². The third kappa shape index (κ3) is 2.93. The molecule has 0 aliphatic carbocycles. The van der Waals surface area contributed by atoms with E-state index in [1.165, 1.54) is 23.5 Å². The topological polar surface area (TPSA) is 94.4 Å². The quantitative estimate of drug-likeness (QED) is 0.423. The number of aromatic nitrogens is 1. The second-order valence-corrected chi connectivity index (χ2v) is 6.32. The van der Waals surface area contributed by atoms with Gasteiger partial charge < -0.3 is 4.74 Å². The van der Waals surface area contributed by atoms with Gasteiger partial charge in [0.05, 0.1) is 16.6 Å². The van der Waals surface area contributed by atoms with Crippen LogP contribution in [0.15, 0.2) is 48.0 Å². The first-order chi connectivity index (χ1) is 12.6. The van der Waals surface area contributed by atoms with Gasteiger partial charge in [-0.25, -0.2) is 4.98 Å². The van der Waals surface area contributed by atoms with Gasteiger partial charge in [-0.1, -0.05) is 24.3 Å². The third-order valence-electron chi connectivity index (χ3n) is 3.80.